The molecule has 4 rings (SSSR count). The molecule has 1 aliphatic rings. The topological polar surface area (TPSA) is 9.23 Å². The number of benzene rings is 3. The van der Waals surface area contributed by atoms with Gasteiger partial charge in [0.15, 0.2) is 11.6 Å². The van der Waals surface area contributed by atoms with Crippen LogP contribution < -0.4 is 4.74 Å². The third-order valence-corrected chi connectivity index (χ3v) is 7.11. The van der Waals surface area contributed by atoms with E-state index >= 15 is 4.39 Å². The van der Waals surface area contributed by atoms with Crippen molar-refractivity contribution in [3.8, 4) is 28.0 Å². The maximum atomic E-state index is 15.1. The van der Waals surface area contributed by atoms with Gasteiger partial charge in [-0.25, -0.2) is 8.78 Å². The Balaban J connectivity index is 1.47. The van der Waals surface area contributed by atoms with Crippen LogP contribution in [0.15, 0.2) is 67.3 Å². The summed E-state index contributed by atoms with van der Waals surface area (Å²) in [4.78, 5) is 0. The molecule has 0 heterocycles. The lowest BCUT2D eigenvalue weighted by atomic mass is 9.77. The molecule has 3 aromatic rings. The van der Waals surface area contributed by atoms with Crippen molar-refractivity contribution in [2.75, 3.05) is 6.61 Å². The van der Waals surface area contributed by atoms with Gasteiger partial charge in [0.1, 0.15) is 5.82 Å². The maximum absolute atomic E-state index is 15.1. The van der Waals surface area contributed by atoms with Gasteiger partial charge in [0.25, 0.3) is 0 Å². The standard InChI is InChI=1S/C31H33F3O/c1-3-5-6-21-7-9-22(10-8-21)25-15-16-26(28(32)20-25)23-11-13-24(14-12-23)27-17-18-29(35-19-4-2)31(34)30(27)33/h3,11-18,20-22H,1,4-10,19H2,2H3. The minimum Gasteiger partial charge on any atom is -0.490 e. The molecular weight excluding hydrogens is 445 g/mol. The van der Waals surface area contributed by atoms with E-state index in [1.165, 1.54) is 31.4 Å². The Hall–Kier alpha value is -3.01. The zero-order chi connectivity index (χ0) is 24.8. The normalized spacial score (nSPS) is 17.8. The van der Waals surface area contributed by atoms with Gasteiger partial charge in [-0.2, -0.15) is 4.39 Å². The first-order valence-corrected chi connectivity index (χ1v) is 12.6. The van der Waals surface area contributed by atoms with Crippen molar-refractivity contribution in [1.82, 2.24) is 0 Å². The predicted octanol–water partition coefficient (Wildman–Crippen LogP) is 9.47. The second-order valence-electron chi connectivity index (χ2n) is 9.49. The molecule has 4 heteroatoms. The largest absolute Gasteiger partial charge is 0.490 e. The summed E-state index contributed by atoms with van der Waals surface area (Å²) in [6.07, 6.45) is 9.53. The Labute approximate surface area is 206 Å². The molecule has 0 bridgehead atoms. The molecule has 184 valence electrons. The Kier molecular flexibility index (Phi) is 8.33. The average molecular weight is 479 g/mol. The number of allylic oxidation sites excluding steroid dienone is 1. The third-order valence-electron chi connectivity index (χ3n) is 7.11. The van der Waals surface area contributed by atoms with E-state index < -0.39 is 11.6 Å². The van der Waals surface area contributed by atoms with Crippen molar-refractivity contribution in [2.24, 2.45) is 5.92 Å². The van der Waals surface area contributed by atoms with Crippen molar-refractivity contribution in [2.45, 2.75) is 57.8 Å². The summed E-state index contributed by atoms with van der Waals surface area (Å²) in [5.41, 5.74) is 2.95. The van der Waals surface area contributed by atoms with Crippen LogP contribution in [0.1, 0.15) is 63.4 Å². The lowest BCUT2D eigenvalue weighted by molar-refractivity contribution is 0.295. The summed E-state index contributed by atoms with van der Waals surface area (Å²) in [6, 6.07) is 15.4. The lowest BCUT2D eigenvalue weighted by Gasteiger charge is -2.28. The van der Waals surface area contributed by atoms with Gasteiger partial charge in [-0.15, -0.1) is 6.58 Å². The average Bonchev–Trinajstić information content (AvgIpc) is 2.89. The highest BCUT2D eigenvalue weighted by molar-refractivity contribution is 5.71. The predicted molar refractivity (Wildman–Crippen MR) is 137 cm³/mol. The van der Waals surface area contributed by atoms with Crippen LogP contribution in [0.4, 0.5) is 13.2 Å². The van der Waals surface area contributed by atoms with Crippen LogP contribution in [0.3, 0.4) is 0 Å². The molecule has 0 amide bonds. The molecule has 1 saturated carbocycles. The molecule has 3 aromatic carbocycles. The van der Waals surface area contributed by atoms with E-state index in [1.54, 1.807) is 30.3 Å². The summed E-state index contributed by atoms with van der Waals surface area (Å²) in [7, 11) is 0. The van der Waals surface area contributed by atoms with Crippen molar-refractivity contribution >= 4 is 0 Å². The number of hydrogen-bond donors (Lipinski definition) is 0. The van der Waals surface area contributed by atoms with Crippen molar-refractivity contribution in [3.05, 3.63) is 90.3 Å². The van der Waals surface area contributed by atoms with Crippen LogP contribution >= 0.6 is 0 Å². The molecule has 0 N–H and O–H groups in total. The molecular formula is C31H33F3O. The van der Waals surface area contributed by atoms with Crippen LogP contribution in [-0.2, 0) is 0 Å². The Morgan fingerprint density at radius 3 is 2.14 bits per heavy atom. The summed E-state index contributed by atoms with van der Waals surface area (Å²) >= 11 is 0. The number of ether oxygens (including phenoxy) is 1. The summed E-state index contributed by atoms with van der Waals surface area (Å²) in [5, 5.41) is 0. The van der Waals surface area contributed by atoms with Gasteiger partial charge in [0.05, 0.1) is 6.61 Å². The van der Waals surface area contributed by atoms with Gasteiger partial charge in [-0.05, 0) is 91.7 Å². The van der Waals surface area contributed by atoms with Crippen LogP contribution in [0.2, 0.25) is 0 Å². The maximum Gasteiger partial charge on any atom is 0.201 e. The molecule has 0 atom stereocenters. The molecule has 0 radical (unpaired) electrons. The van der Waals surface area contributed by atoms with E-state index in [0.29, 0.717) is 35.6 Å². The fourth-order valence-electron chi connectivity index (χ4n) is 5.06. The highest BCUT2D eigenvalue weighted by Crippen LogP contribution is 2.39. The third kappa shape index (κ3) is 5.80. The van der Waals surface area contributed by atoms with Crippen LogP contribution in [0.5, 0.6) is 5.75 Å². The van der Waals surface area contributed by atoms with E-state index in [1.807, 2.05) is 25.1 Å². The minimum absolute atomic E-state index is 0.0860. The fourth-order valence-corrected chi connectivity index (χ4v) is 5.06. The van der Waals surface area contributed by atoms with Crippen LogP contribution in [0.25, 0.3) is 22.3 Å². The Morgan fingerprint density at radius 1 is 0.857 bits per heavy atom. The number of halogens is 3. The minimum atomic E-state index is -0.989. The summed E-state index contributed by atoms with van der Waals surface area (Å²) in [6.45, 7) is 6.04. The number of rotatable bonds is 9. The van der Waals surface area contributed by atoms with E-state index in [2.05, 4.69) is 6.58 Å². The zero-order valence-electron chi connectivity index (χ0n) is 20.3. The molecule has 1 aliphatic carbocycles. The van der Waals surface area contributed by atoms with Gasteiger partial charge in [0, 0.05) is 11.1 Å². The number of hydrogen-bond acceptors (Lipinski definition) is 1. The highest BCUT2D eigenvalue weighted by atomic mass is 19.2. The fraction of sp³-hybridized carbons (Fsp3) is 0.355. The molecule has 1 nitrogen and oxygen atoms in total. The molecule has 0 aliphatic heterocycles. The van der Waals surface area contributed by atoms with Gasteiger partial charge in [0.2, 0.25) is 5.82 Å². The first-order chi connectivity index (χ1) is 17.0. The monoisotopic (exact) mass is 478 g/mol. The molecule has 0 unspecified atom stereocenters. The van der Waals surface area contributed by atoms with Crippen molar-refractivity contribution in [3.63, 3.8) is 0 Å². The first-order valence-electron chi connectivity index (χ1n) is 12.6. The zero-order valence-corrected chi connectivity index (χ0v) is 20.3. The quantitative estimate of drug-likeness (QED) is 0.278. The molecule has 0 spiro atoms. The second-order valence-corrected chi connectivity index (χ2v) is 9.49. The summed E-state index contributed by atoms with van der Waals surface area (Å²) < 4.78 is 49.4. The van der Waals surface area contributed by atoms with Crippen LogP contribution in [0, 0.1) is 23.4 Å². The Bertz CT molecular complexity index is 1140. The second kappa shape index (κ2) is 11.6. The lowest BCUT2D eigenvalue weighted by Crippen LogP contribution is -2.13. The highest BCUT2D eigenvalue weighted by Gasteiger charge is 2.23. The van der Waals surface area contributed by atoms with E-state index in [-0.39, 0.29) is 17.1 Å². The van der Waals surface area contributed by atoms with Crippen molar-refractivity contribution < 1.29 is 17.9 Å². The van der Waals surface area contributed by atoms with E-state index in [9.17, 15) is 8.78 Å². The smallest absolute Gasteiger partial charge is 0.201 e. The van der Waals surface area contributed by atoms with E-state index in [4.69, 9.17) is 4.74 Å². The van der Waals surface area contributed by atoms with Gasteiger partial charge < -0.3 is 4.74 Å². The van der Waals surface area contributed by atoms with Crippen molar-refractivity contribution in [1.29, 1.82) is 0 Å². The van der Waals surface area contributed by atoms with Crippen LogP contribution in [-0.4, -0.2) is 6.61 Å². The molecule has 0 aromatic heterocycles. The molecule has 1 fully saturated rings. The molecule has 0 saturated heterocycles. The van der Waals surface area contributed by atoms with Gasteiger partial charge in [-0.3, -0.25) is 0 Å². The van der Waals surface area contributed by atoms with Gasteiger partial charge in [-0.1, -0.05) is 49.4 Å². The molecule has 35 heavy (non-hydrogen) atoms. The SMILES string of the molecule is C=CCCC1CCC(c2ccc(-c3ccc(-c4ccc(OCCC)c(F)c4F)cc3)c(F)c2)CC1. The van der Waals surface area contributed by atoms with E-state index in [0.717, 1.165) is 30.7 Å². The first kappa shape index (κ1) is 25.1. The van der Waals surface area contributed by atoms with Gasteiger partial charge >= 0.3 is 0 Å². The summed E-state index contributed by atoms with van der Waals surface area (Å²) in [5.74, 6) is -1.11. The Morgan fingerprint density at radius 2 is 1.51 bits per heavy atom.